The quantitative estimate of drug-likeness (QED) is 0.175. The van der Waals surface area contributed by atoms with Gasteiger partial charge in [0.05, 0.1) is 19.8 Å². The predicted molar refractivity (Wildman–Crippen MR) is 114 cm³/mol. The normalized spacial score (nSPS) is 11.6. The molecule has 0 bridgehead atoms. The number of benzene rings is 1. The van der Waals surface area contributed by atoms with Crippen molar-refractivity contribution in [3.63, 3.8) is 0 Å². The average Bonchev–Trinajstić information content (AvgIpc) is 2.72. The fourth-order valence-electron chi connectivity index (χ4n) is 2.49. The Morgan fingerprint density at radius 1 is 1.00 bits per heavy atom. The highest BCUT2D eigenvalue weighted by Gasteiger charge is 2.17. The van der Waals surface area contributed by atoms with Crippen molar-refractivity contribution >= 4 is 23.4 Å². The largest absolute Gasteiger partial charge is 0.399 e. The van der Waals surface area contributed by atoms with E-state index in [2.05, 4.69) is 16.0 Å². The lowest BCUT2D eigenvalue weighted by Gasteiger charge is -2.15. The minimum Gasteiger partial charge on any atom is -0.399 e. The zero-order chi connectivity index (χ0) is 22.2. The third-order valence-corrected chi connectivity index (χ3v) is 4.16. The van der Waals surface area contributed by atoms with Crippen LogP contribution in [0.2, 0.25) is 0 Å². The number of likely N-dealkylation sites (N-methyl/N-ethyl adjacent to an activating group) is 1. The Bertz CT molecular complexity index is 653. The number of rotatable bonds is 16. The maximum Gasteiger partial charge on any atom is 0.251 e. The highest BCUT2D eigenvalue weighted by Crippen LogP contribution is 2.05. The van der Waals surface area contributed by atoms with Gasteiger partial charge in [0, 0.05) is 24.3 Å². The van der Waals surface area contributed by atoms with Crippen molar-refractivity contribution in [3.8, 4) is 0 Å². The van der Waals surface area contributed by atoms with E-state index >= 15 is 0 Å². The minimum absolute atomic E-state index is 0.170. The Labute approximate surface area is 177 Å². The molecule has 0 saturated carbocycles. The molecule has 0 aliphatic carbocycles. The molecule has 10 heteroatoms. The predicted octanol–water partition coefficient (Wildman–Crippen LogP) is -0.608. The molecule has 0 radical (unpaired) electrons. The number of carbonyl (C=O) groups is 3. The van der Waals surface area contributed by atoms with Gasteiger partial charge in [0.1, 0.15) is 12.6 Å². The summed E-state index contributed by atoms with van der Waals surface area (Å²) in [4.78, 5) is 35.4. The molecule has 0 spiro atoms. The lowest BCUT2D eigenvalue weighted by molar-refractivity contribution is -0.130. The monoisotopic (exact) mass is 423 g/mol. The Balaban J connectivity index is 2.17. The highest BCUT2D eigenvalue weighted by molar-refractivity contribution is 5.94. The van der Waals surface area contributed by atoms with Crippen LogP contribution in [0.25, 0.3) is 0 Å². The standard InChI is InChI=1S/C20H33N5O5/c1-23-10-11-29-12-13-30-14-18(26)25-17(19(22)27)4-2-3-9-24-20(28)15-5-7-16(21)8-6-15/h5-8,17,23H,2-4,9-14,21H2,1H3,(H2,22,27)(H,24,28)(H,25,26). The number of nitrogens with one attached hydrogen (secondary N) is 3. The number of nitrogens with two attached hydrogens (primary N) is 2. The highest BCUT2D eigenvalue weighted by atomic mass is 16.5. The van der Waals surface area contributed by atoms with Crippen LogP contribution in [0.1, 0.15) is 29.6 Å². The first kappa shape index (κ1) is 25.3. The van der Waals surface area contributed by atoms with Crippen molar-refractivity contribution in [2.75, 3.05) is 52.3 Å². The maximum absolute atomic E-state index is 12.0. The van der Waals surface area contributed by atoms with Gasteiger partial charge >= 0.3 is 0 Å². The van der Waals surface area contributed by atoms with Gasteiger partial charge in [-0.1, -0.05) is 0 Å². The zero-order valence-electron chi connectivity index (χ0n) is 17.4. The van der Waals surface area contributed by atoms with Crippen LogP contribution in [-0.4, -0.2) is 70.3 Å². The second-order valence-electron chi connectivity index (χ2n) is 6.66. The van der Waals surface area contributed by atoms with Crippen LogP contribution in [0.15, 0.2) is 24.3 Å². The van der Waals surface area contributed by atoms with Crippen molar-refractivity contribution in [1.29, 1.82) is 0 Å². The second-order valence-corrected chi connectivity index (χ2v) is 6.66. The molecular weight excluding hydrogens is 390 g/mol. The molecule has 1 atom stereocenters. The maximum atomic E-state index is 12.0. The molecule has 3 amide bonds. The molecule has 0 aliphatic heterocycles. The summed E-state index contributed by atoms with van der Waals surface area (Å²) in [5.74, 6) is -1.21. The number of primary amides is 1. The SMILES string of the molecule is CNCCOCCOCC(=O)NC(CCCCNC(=O)c1ccc(N)cc1)C(N)=O. The lowest BCUT2D eigenvalue weighted by Crippen LogP contribution is -2.45. The van der Waals surface area contributed by atoms with Crippen LogP contribution >= 0.6 is 0 Å². The van der Waals surface area contributed by atoms with Crippen LogP contribution in [0.4, 0.5) is 5.69 Å². The third-order valence-electron chi connectivity index (χ3n) is 4.16. The molecule has 1 aromatic carbocycles. The van der Waals surface area contributed by atoms with E-state index in [0.717, 1.165) is 6.54 Å². The minimum atomic E-state index is -0.777. The van der Waals surface area contributed by atoms with Crippen LogP contribution < -0.4 is 27.4 Å². The van der Waals surface area contributed by atoms with Gasteiger partial charge in [-0.15, -0.1) is 0 Å². The van der Waals surface area contributed by atoms with Crippen molar-refractivity contribution in [2.24, 2.45) is 5.73 Å². The molecule has 1 aromatic rings. The fraction of sp³-hybridized carbons (Fsp3) is 0.550. The summed E-state index contributed by atoms with van der Waals surface area (Å²) in [6, 6.07) is 5.85. The van der Waals surface area contributed by atoms with Gasteiger partial charge in [0.2, 0.25) is 11.8 Å². The van der Waals surface area contributed by atoms with Gasteiger partial charge in [0.25, 0.3) is 5.91 Å². The zero-order valence-corrected chi connectivity index (χ0v) is 17.4. The Kier molecular flexibility index (Phi) is 12.8. The van der Waals surface area contributed by atoms with E-state index in [-0.39, 0.29) is 19.1 Å². The first-order valence-electron chi connectivity index (χ1n) is 9.96. The van der Waals surface area contributed by atoms with Crippen molar-refractivity contribution in [3.05, 3.63) is 29.8 Å². The third kappa shape index (κ3) is 11.3. The molecule has 1 unspecified atom stereocenters. The number of ether oxygens (including phenoxy) is 2. The summed E-state index contributed by atoms with van der Waals surface area (Å²) in [5, 5.41) is 8.32. The lowest BCUT2D eigenvalue weighted by atomic mass is 10.1. The van der Waals surface area contributed by atoms with Gasteiger partial charge in [-0.3, -0.25) is 14.4 Å². The summed E-state index contributed by atoms with van der Waals surface area (Å²) in [6.07, 6.45) is 1.63. The molecule has 0 aliphatic rings. The van der Waals surface area contributed by atoms with Crippen LogP contribution in [0, 0.1) is 0 Å². The second kappa shape index (κ2) is 15.2. The first-order valence-corrected chi connectivity index (χ1v) is 9.96. The summed E-state index contributed by atoms with van der Waals surface area (Å²) in [6.45, 7) is 2.25. The molecule has 10 nitrogen and oxygen atoms in total. The van der Waals surface area contributed by atoms with E-state index in [0.29, 0.717) is 50.3 Å². The van der Waals surface area contributed by atoms with Gasteiger partial charge < -0.3 is 36.9 Å². The van der Waals surface area contributed by atoms with E-state index in [1.807, 2.05) is 7.05 Å². The van der Waals surface area contributed by atoms with Crippen molar-refractivity contribution in [1.82, 2.24) is 16.0 Å². The number of unbranched alkanes of at least 4 members (excludes halogenated alkanes) is 1. The first-order chi connectivity index (χ1) is 14.4. The number of anilines is 1. The molecule has 0 fully saturated rings. The molecule has 7 N–H and O–H groups in total. The smallest absolute Gasteiger partial charge is 0.251 e. The van der Waals surface area contributed by atoms with Crippen LogP contribution in [0.5, 0.6) is 0 Å². The van der Waals surface area contributed by atoms with E-state index in [9.17, 15) is 14.4 Å². The van der Waals surface area contributed by atoms with Gasteiger partial charge in [-0.2, -0.15) is 0 Å². The number of nitrogen functional groups attached to an aromatic ring is 1. The molecule has 30 heavy (non-hydrogen) atoms. The summed E-state index contributed by atoms with van der Waals surface area (Å²) < 4.78 is 10.5. The molecule has 0 aromatic heterocycles. The average molecular weight is 424 g/mol. The number of hydrogen-bond donors (Lipinski definition) is 5. The van der Waals surface area contributed by atoms with E-state index in [1.54, 1.807) is 24.3 Å². The van der Waals surface area contributed by atoms with Crippen LogP contribution in [0.3, 0.4) is 0 Å². The molecular formula is C20H33N5O5. The van der Waals surface area contributed by atoms with Gasteiger partial charge in [0.15, 0.2) is 0 Å². The Morgan fingerprint density at radius 2 is 1.70 bits per heavy atom. The van der Waals surface area contributed by atoms with Crippen molar-refractivity contribution < 1.29 is 23.9 Å². The molecule has 0 saturated heterocycles. The topological polar surface area (TPSA) is 158 Å². The summed E-state index contributed by atoms with van der Waals surface area (Å²) >= 11 is 0. The summed E-state index contributed by atoms with van der Waals surface area (Å²) in [5.41, 5.74) is 12.1. The van der Waals surface area contributed by atoms with Gasteiger partial charge in [-0.05, 0) is 50.6 Å². The van der Waals surface area contributed by atoms with Gasteiger partial charge in [-0.25, -0.2) is 0 Å². The molecule has 1 rings (SSSR count). The van der Waals surface area contributed by atoms with E-state index < -0.39 is 17.9 Å². The Morgan fingerprint density at radius 3 is 2.37 bits per heavy atom. The number of hydrogen-bond acceptors (Lipinski definition) is 7. The molecule has 168 valence electrons. The van der Waals surface area contributed by atoms with Crippen molar-refractivity contribution in [2.45, 2.75) is 25.3 Å². The number of carbonyl (C=O) groups excluding carboxylic acids is 3. The molecule has 0 heterocycles. The summed E-state index contributed by atoms with van der Waals surface area (Å²) in [7, 11) is 1.83. The van der Waals surface area contributed by atoms with E-state index in [4.69, 9.17) is 20.9 Å². The van der Waals surface area contributed by atoms with Crippen LogP contribution in [-0.2, 0) is 19.1 Å². The number of amides is 3. The Hall–Kier alpha value is -2.69. The fourth-order valence-corrected chi connectivity index (χ4v) is 2.49. The van der Waals surface area contributed by atoms with E-state index in [1.165, 1.54) is 0 Å².